The summed E-state index contributed by atoms with van der Waals surface area (Å²) in [7, 11) is 0. The summed E-state index contributed by atoms with van der Waals surface area (Å²) in [4.78, 5) is 21.1. The molecule has 0 aliphatic carbocycles. The first kappa shape index (κ1) is 37.5. The number of aliphatic hydroxyl groups excluding tert-OH is 2. The molecule has 0 fully saturated rings. The summed E-state index contributed by atoms with van der Waals surface area (Å²) in [6.45, 7) is 8.42. The van der Waals surface area contributed by atoms with E-state index in [2.05, 4.69) is 18.7 Å². The van der Waals surface area contributed by atoms with E-state index in [1.165, 1.54) is 16.7 Å². The quantitative estimate of drug-likeness (QED) is 0.134. The Labute approximate surface area is 264 Å². The fourth-order valence-corrected chi connectivity index (χ4v) is 3.70. The first-order valence-electron chi connectivity index (χ1n) is 15.1. The standard InChI is InChI=1S/C10H14O.2C10H12O.C10H10O/c4*1-9(11)7-8-10-5-3-2-4-6-10/h2-6,9,11H,7-8H2,1H3;2-6H,7-8H2,1H3;2-6,11H,1,7-8H2;2-8H,1H3. The third-order valence-corrected chi connectivity index (χ3v) is 6.16. The Morgan fingerprint density at radius 1 is 0.659 bits per heavy atom. The summed E-state index contributed by atoms with van der Waals surface area (Å²) in [5, 5.41) is 17.8. The highest BCUT2D eigenvalue weighted by Gasteiger charge is 1.96. The summed E-state index contributed by atoms with van der Waals surface area (Å²) >= 11 is 0. The molecule has 4 aromatic carbocycles. The number of hydrogen-bond acceptors (Lipinski definition) is 4. The van der Waals surface area contributed by atoms with Gasteiger partial charge in [0.25, 0.3) is 0 Å². The van der Waals surface area contributed by atoms with Crippen LogP contribution in [0, 0.1) is 0 Å². The summed E-state index contributed by atoms with van der Waals surface area (Å²) < 4.78 is 0. The van der Waals surface area contributed by atoms with E-state index in [-0.39, 0.29) is 23.4 Å². The third-order valence-electron chi connectivity index (χ3n) is 6.16. The molecule has 0 heterocycles. The Morgan fingerprint density at radius 2 is 1.05 bits per heavy atom. The van der Waals surface area contributed by atoms with E-state index in [1.54, 1.807) is 19.9 Å². The summed E-state index contributed by atoms with van der Waals surface area (Å²) in [5.41, 5.74) is 4.83. The van der Waals surface area contributed by atoms with Gasteiger partial charge in [0.15, 0.2) is 5.78 Å². The predicted octanol–water partition coefficient (Wildman–Crippen LogP) is 9.19. The van der Waals surface area contributed by atoms with Gasteiger partial charge in [-0.15, -0.1) is 0 Å². The molecular formula is C40H48O4. The first-order chi connectivity index (χ1) is 21.2. The van der Waals surface area contributed by atoms with Gasteiger partial charge in [-0.1, -0.05) is 134 Å². The van der Waals surface area contributed by atoms with Gasteiger partial charge in [-0.25, -0.2) is 0 Å². The van der Waals surface area contributed by atoms with Crippen LogP contribution in [-0.4, -0.2) is 27.9 Å². The summed E-state index contributed by atoms with van der Waals surface area (Å²) in [6, 6.07) is 40.1. The minimum absolute atomic E-state index is 0.0776. The number of carbonyl (C=O) groups excluding carboxylic acids is 2. The molecule has 0 aliphatic rings. The Morgan fingerprint density at radius 3 is 1.41 bits per heavy atom. The lowest BCUT2D eigenvalue weighted by Crippen LogP contribution is -2.00. The summed E-state index contributed by atoms with van der Waals surface area (Å²) in [6.07, 6.45) is 8.07. The van der Waals surface area contributed by atoms with E-state index in [0.717, 1.165) is 31.2 Å². The van der Waals surface area contributed by atoms with E-state index in [4.69, 9.17) is 10.2 Å². The van der Waals surface area contributed by atoms with Crippen molar-refractivity contribution in [3.05, 3.63) is 162 Å². The molecule has 4 rings (SSSR count). The molecule has 4 heteroatoms. The smallest absolute Gasteiger partial charge is 0.152 e. The maximum atomic E-state index is 10.6. The van der Waals surface area contributed by atoms with Crippen LogP contribution >= 0.6 is 0 Å². The number of rotatable bonds is 11. The molecule has 4 aromatic rings. The Balaban J connectivity index is 0.000000293. The van der Waals surface area contributed by atoms with Crippen LogP contribution in [0.3, 0.4) is 0 Å². The number of hydrogen-bond donors (Lipinski definition) is 2. The second-order valence-corrected chi connectivity index (χ2v) is 10.5. The van der Waals surface area contributed by atoms with Gasteiger partial charge in [-0.05, 0) is 74.8 Å². The van der Waals surface area contributed by atoms with Crippen molar-refractivity contribution in [3.63, 3.8) is 0 Å². The largest absolute Gasteiger partial charge is 0.513 e. The molecule has 1 atom stereocenters. The zero-order valence-corrected chi connectivity index (χ0v) is 26.4. The van der Waals surface area contributed by atoms with Crippen molar-refractivity contribution in [1.82, 2.24) is 0 Å². The van der Waals surface area contributed by atoms with Crippen LogP contribution in [0.2, 0.25) is 0 Å². The zero-order valence-electron chi connectivity index (χ0n) is 26.4. The second-order valence-electron chi connectivity index (χ2n) is 10.5. The molecule has 1 unspecified atom stereocenters. The maximum absolute atomic E-state index is 10.6. The minimum Gasteiger partial charge on any atom is -0.513 e. The maximum Gasteiger partial charge on any atom is 0.152 e. The minimum atomic E-state index is -0.185. The zero-order chi connectivity index (χ0) is 32.4. The van der Waals surface area contributed by atoms with Crippen molar-refractivity contribution in [2.45, 2.75) is 65.4 Å². The number of carbonyl (C=O) groups is 2. The lowest BCUT2D eigenvalue weighted by molar-refractivity contribution is -0.117. The van der Waals surface area contributed by atoms with E-state index in [0.29, 0.717) is 12.8 Å². The number of aryl methyl sites for hydroxylation is 3. The van der Waals surface area contributed by atoms with Crippen LogP contribution in [0.25, 0.3) is 6.08 Å². The molecule has 0 spiro atoms. The molecule has 0 saturated heterocycles. The van der Waals surface area contributed by atoms with Crippen LogP contribution in [-0.2, 0) is 28.9 Å². The highest BCUT2D eigenvalue weighted by Crippen LogP contribution is 2.06. The normalized spacial score (nSPS) is 10.5. The number of allylic oxidation sites excluding steroid dienone is 2. The molecule has 0 aromatic heterocycles. The van der Waals surface area contributed by atoms with Crippen LogP contribution < -0.4 is 0 Å². The van der Waals surface area contributed by atoms with Crippen LogP contribution in [0.15, 0.2) is 140 Å². The highest BCUT2D eigenvalue weighted by molar-refractivity contribution is 5.91. The lowest BCUT2D eigenvalue weighted by Gasteiger charge is -2.02. The molecule has 44 heavy (non-hydrogen) atoms. The SMILES string of the molecule is C=C(O)CCc1ccccc1.CC(=O)C=Cc1ccccc1.CC(=O)CCc1ccccc1.CC(O)CCc1ccccc1. The van der Waals surface area contributed by atoms with Crippen molar-refractivity contribution in [1.29, 1.82) is 0 Å². The van der Waals surface area contributed by atoms with Gasteiger partial charge in [0.2, 0.25) is 0 Å². The highest BCUT2D eigenvalue weighted by atomic mass is 16.3. The Kier molecular flexibility index (Phi) is 20.4. The fraction of sp³-hybridized carbons (Fsp3) is 0.250. The average Bonchev–Trinajstić information content (AvgIpc) is 3.04. The topological polar surface area (TPSA) is 74.6 Å². The molecule has 0 bridgehead atoms. The van der Waals surface area contributed by atoms with Gasteiger partial charge in [-0.2, -0.15) is 0 Å². The number of benzene rings is 4. The van der Waals surface area contributed by atoms with Gasteiger partial charge in [-0.3, -0.25) is 4.79 Å². The molecule has 4 nitrogen and oxygen atoms in total. The third kappa shape index (κ3) is 22.1. The van der Waals surface area contributed by atoms with Crippen molar-refractivity contribution in [2.24, 2.45) is 0 Å². The Hall–Kier alpha value is -4.54. The van der Waals surface area contributed by atoms with Gasteiger partial charge in [0.1, 0.15) is 5.78 Å². The van der Waals surface area contributed by atoms with Crippen LogP contribution in [0.1, 0.15) is 62.3 Å². The number of ketones is 2. The van der Waals surface area contributed by atoms with Crippen molar-refractivity contribution in [3.8, 4) is 0 Å². The average molecular weight is 593 g/mol. The lowest BCUT2D eigenvalue weighted by atomic mass is 10.1. The molecule has 0 saturated carbocycles. The van der Waals surface area contributed by atoms with Crippen LogP contribution in [0.5, 0.6) is 0 Å². The monoisotopic (exact) mass is 592 g/mol. The number of aliphatic hydroxyl groups is 2. The predicted molar refractivity (Wildman–Crippen MR) is 185 cm³/mol. The van der Waals surface area contributed by atoms with E-state index < -0.39 is 0 Å². The summed E-state index contributed by atoms with van der Waals surface area (Å²) in [5.74, 6) is 0.594. The molecule has 0 radical (unpaired) electrons. The molecular weight excluding hydrogens is 544 g/mol. The second kappa shape index (κ2) is 24.0. The van der Waals surface area contributed by atoms with E-state index in [1.807, 2.05) is 122 Å². The van der Waals surface area contributed by atoms with Crippen molar-refractivity contribution < 1.29 is 19.8 Å². The molecule has 2 N–H and O–H groups in total. The van der Waals surface area contributed by atoms with E-state index in [9.17, 15) is 9.59 Å². The number of Topliss-reactive ketones (excluding diaryl/α,β-unsaturated/α-hetero) is 1. The van der Waals surface area contributed by atoms with Gasteiger partial charge < -0.3 is 15.0 Å². The van der Waals surface area contributed by atoms with E-state index >= 15 is 0 Å². The van der Waals surface area contributed by atoms with Gasteiger partial charge >= 0.3 is 0 Å². The Bertz CT molecular complexity index is 1280. The molecule has 0 aliphatic heterocycles. The molecule has 232 valence electrons. The van der Waals surface area contributed by atoms with Crippen LogP contribution in [0.4, 0.5) is 0 Å². The van der Waals surface area contributed by atoms with Gasteiger partial charge in [0.05, 0.1) is 11.9 Å². The molecule has 0 amide bonds. The van der Waals surface area contributed by atoms with Crippen molar-refractivity contribution in [2.75, 3.05) is 0 Å². The first-order valence-corrected chi connectivity index (χ1v) is 15.1. The fourth-order valence-electron chi connectivity index (χ4n) is 3.70. The van der Waals surface area contributed by atoms with Gasteiger partial charge in [0, 0.05) is 12.8 Å². The van der Waals surface area contributed by atoms with Crippen molar-refractivity contribution >= 4 is 17.6 Å².